The van der Waals surface area contributed by atoms with Crippen LogP contribution in [0.2, 0.25) is 0 Å². The molecule has 0 aliphatic heterocycles. The van der Waals surface area contributed by atoms with Crippen molar-refractivity contribution in [3.8, 4) is 23.3 Å². The Morgan fingerprint density at radius 3 is 2.21 bits per heavy atom. The molecule has 4 aromatic rings. The Morgan fingerprint density at radius 1 is 0.824 bits per heavy atom. The number of nitrogens with zero attached hydrogens (tertiary/aromatic N) is 2. The van der Waals surface area contributed by atoms with Gasteiger partial charge in [-0.15, -0.1) is 0 Å². The number of rotatable bonds is 9. The number of hydrogen-bond donors (Lipinski definition) is 0. The summed E-state index contributed by atoms with van der Waals surface area (Å²) in [5.41, 5.74) is 5.30. The Balaban J connectivity index is 1.61. The fraction of sp³-hybridized carbons (Fsp3) is 0.200. The van der Waals surface area contributed by atoms with Crippen LogP contribution in [-0.2, 0) is 19.4 Å². The van der Waals surface area contributed by atoms with E-state index in [0.717, 1.165) is 52.4 Å². The van der Waals surface area contributed by atoms with Gasteiger partial charge in [0.2, 0.25) is 0 Å². The van der Waals surface area contributed by atoms with Gasteiger partial charge in [-0.2, -0.15) is 5.26 Å². The van der Waals surface area contributed by atoms with Crippen molar-refractivity contribution in [3.05, 3.63) is 119 Å². The van der Waals surface area contributed by atoms with Crippen LogP contribution < -0.4 is 9.47 Å². The van der Waals surface area contributed by atoms with Crippen LogP contribution in [0.1, 0.15) is 47.0 Å². The SMILES string of the molecule is CCCc1nc(Cc2cccc(Oc3ccccc3)c2)c(C)c(C#N)c1OCc1ccccc1. The highest BCUT2D eigenvalue weighted by atomic mass is 16.5. The van der Waals surface area contributed by atoms with Gasteiger partial charge < -0.3 is 9.47 Å². The molecule has 0 saturated carbocycles. The first-order chi connectivity index (χ1) is 16.7. The highest BCUT2D eigenvalue weighted by Crippen LogP contribution is 2.31. The van der Waals surface area contributed by atoms with Gasteiger partial charge in [-0.05, 0) is 54.3 Å². The number of para-hydroxylation sites is 1. The average molecular weight is 449 g/mol. The molecule has 3 aromatic carbocycles. The third kappa shape index (κ3) is 5.63. The molecule has 34 heavy (non-hydrogen) atoms. The van der Waals surface area contributed by atoms with Gasteiger partial charge in [-0.1, -0.05) is 74.0 Å². The summed E-state index contributed by atoms with van der Waals surface area (Å²) in [6.07, 6.45) is 2.29. The number of aryl methyl sites for hydroxylation is 1. The molecular formula is C30H28N2O2. The summed E-state index contributed by atoms with van der Waals surface area (Å²) in [5.74, 6) is 2.18. The van der Waals surface area contributed by atoms with Gasteiger partial charge >= 0.3 is 0 Å². The van der Waals surface area contributed by atoms with Crippen LogP contribution in [0.25, 0.3) is 0 Å². The molecule has 170 valence electrons. The summed E-state index contributed by atoms with van der Waals surface area (Å²) in [6, 6.07) is 30.1. The van der Waals surface area contributed by atoms with Crippen molar-refractivity contribution in [2.24, 2.45) is 0 Å². The number of nitriles is 1. The minimum Gasteiger partial charge on any atom is -0.486 e. The minimum atomic E-state index is 0.408. The van der Waals surface area contributed by atoms with Crippen LogP contribution in [0.15, 0.2) is 84.9 Å². The van der Waals surface area contributed by atoms with Crippen LogP contribution in [0.4, 0.5) is 0 Å². The van der Waals surface area contributed by atoms with Crippen molar-refractivity contribution in [1.29, 1.82) is 5.26 Å². The summed E-state index contributed by atoms with van der Waals surface area (Å²) in [4.78, 5) is 4.97. The van der Waals surface area contributed by atoms with Crippen LogP contribution in [0.3, 0.4) is 0 Å². The van der Waals surface area contributed by atoms with Crippen LogP contribution >= 0.6 is 0 Å². The predicted octanol–water partition coefficient (Wildman–Crippen LogP) is 7.18. The lowest BCUT2D eigenvalue weighted by Crippen LogP contribution is -2.09. The number of hydrogen-bond acceptors (Lipinski definition) is 4. The molecule has 0 aliphatic carbocycles. The van der Waals surface area contributed by atoms with E-state index < -0.39 is 0 Å². The van der Waals surface area contributed by atoms with E-state index in [4.69, 9.17) is 14.5 Å². The quantitative estimate of drug-likeness (QED) is 0.272. The lowest BCUT2D eigenvalue weighted by atomic mass is 9.99. The third-order valence-corrected chi connectivity index (χ3v) is 5.64. The summed E-state index contributed by atoms with van der Waals surface area (Å²) < 4.78 is 12.2. The number of pyridine rings is 1. The molecule has 0 spiro atoms. The van der Waals surface area contributed by atoms with E-state index in [1.807, 2.05) is 85.8 Å². The normalized spacial score (nSPS) is 10.5. The molecule has 4 rings (SSSR count). The summed E-state index contributed by atoms with van der Waals surface area (Å²) in [7, 11) is 0. The molecule has 1 heterocycles. The maximum atomic E-state index is 10.0. The molecule has 4 nitrogen and oxygen atoms in total. The highest BCUT2D eigenvalue weighted by molar-refractivity contribution is 5.53. The van der Waals surface area contributed by atoms with Crippen LogP contribution in [-0.4, -0.2) is 4.98 Å². The first-order valence-electron chi connectivity index (χ1n) is 11.6. The molecule has 0 atom stereocenters. The Kier molecular flexibility index (Phi) is 7.57. The fourth-order valence-corrected chi connectivity index (χ4v) is 3.89. The maximum Gasteiger partial charge on any atom is 0.159 e. The van der Waals surface area contributed by atoms with E-state index in [1.165, 1.54) is 0 Å². The zero-order valence-corrected chi connectivity index (χ0v) is 19.6. The Morgan fingerprint density at radius 2 is 1.50 bits per heavy atom. The first kappa shape index (κ1) is 23.1. The molecule has 4 heteroatoms. The van der Waals surface area contributed by atoms with E-state index in [1.54, 1.807) is 0 Å². The monoisotopic (exact) mass is 448 g/mol. The van der Waals surface area contributed by atoms with E-state index >= 15 is 0 Å². The standard InChI is InChI=1S/C30H28N2O2/c1-3-11-28-30(33-21-23-12-6-4-7-13-23)27(20-31)22(2)29(32-28)19-24-14-10-17-26(18-24)34-25-15-8-5-9-16-25/h4-10,12-18H,3,11,19,21H2,1-2H3. The van der Waals surface area contributed by atoms with Crippen molar-refractivity contribution in [2.75, 3.05) is 0 Å². The second-order valence-electron chi connectivity index (χ2n) is 8.21. The average Bonchev–Trinajstić information content (AvgIpc) is 2.86. The van der Waals surface area contributed by atoms with Gasteiger partial charge in [0.15, 0.2) is 5.75 Å². The summed E-state index contributed by atoms with van der Waals surface area (Å²) in [5, 5.41) is 10.0. The zero-order valence-electron chi connectivity index (χ0n) is 19.6. The molecule has 1 aromatic heterocycles. The molecule has 0 bridgehead atoms. The fourth-order valence-electron chi connectivity index (χ4n) is 3.89. The van der Waals surface area contributed by atoms with Crippen molar-refractivity contribution in [3.63, 3.8) is 0 Å². The minimum absolute atomic E-state index is 0.408. The van der Waals surface area contributed by atoms with Gasteiger partial charge in [0.1, 0.15) is 29.7 Å². The van der Waals surface area contributed by atoms with E-state index in [9.17, 15) is 5.26 Å². The lowest BCUT2D eigenvalue weighted by molar-refractivity contribution is 0.299. The van der Waals surface area contributed by atoms with Gasteiger partial charge in [0.25, 0.3) is 0 Å². The molecule has 0 amide bonds. The van der Waals surface area contributed by atoms with Gasteiger partial charge in [0, 0.05) is 12.1 Å². The predicted molar refractivity (Wildman–Crippen MR) is 134 cm³/mol. The largest absolute Gasteiger partial charge is 0.486 e. The Hall–Kier alpha value is -4.10. The zero-order chi connectivity index (χ0) is 23.8. The molecule has 0 saturated heterocycles. The van der Waals surface area contributed by atoms with E-state index in [0.29, 0.717) is 24.3 Å². The van der Waals surface area contributed by atoms with Gasteiger partial charge in [-0.25, -0.2) is 0 Å². The first-order valence-corrected chi connectivity index (χ1v) is 11.6. The van der Waals surface area contributed by atoms with Crippen molar-refractivity contribution in [2.45, 2.75) is 39.7 Å². The van der Waals surface area contributed by atoms with Crippen LogP contribution in [0, 0.1) is 18.3 Å². The molecule has 0 aliphatic rings. The summed E-state index contributed by atoms with van der Waals surface area (Å²) >= 11 is 0. The number of aromatic nitrogens is 1. The van der Waals surface area contributed by atoms with Gasteiger partial charge in [0.05, 0.1) is 5.69 Å². The van der Waals surface area contributed by atoms with Crippen molar-refractivity contribution < 1.29 is 9.47 Å². The molecule has 0 unspecified atom stereocenters. The second-order valence-corrected chi connectivity index (χ2v) is 8.21. The van der Waals surface area contributed by atoms with E-state index in [2.05, 4.69) is 19.1 Å². The molecular weight excluding hydrogens is 420 g/mol. The second kappa shape index (κ2) is 11.2. The topological polar surface area (TPSA) is 55.1 Å². The Bertz CT molecular complexity index is 1280. The van der Waals surface area contributed by atoms with Crippen LogP contribution in [0.5, 0.6) is 17.2 Å². The number of benzene rings is 3. The smallest absolute Gasteiger partial charge is 0.159 e. The summed E-state index contributed by atoms with van der Waals surface area (Å²) in [6.45, 7) is 4.47. The lowest BCUT2D eigenvalue weighted by Gasteiger charge is -2.17. The highest BCUT2D eigenvalue weighted by Gasteiger charge is 2.19. The maximum absolute atomic E-state index is 10.0. The van der Waals surface area contributed by atoms with E-state index in [-0.39, 0.29) is 0 Å². The van der Waals surface area contributed by atoms with Crippen molar-refractivity contribution in [1.82, 2.24) is 4.98 Å². The van der Waals surface area contributed by atoms with Crippen molar-refractivity contribution >= 4 is 0 Å². The molecule has 0 fully saturated rings. The Labute approximate surface area is 201 Å². The third-order valence-electron chi connectivity index (χ3n) is 5.64. The molecule has 0 radical (unpaired) electrons. The number of ether oxygens (including phenoxy) is 2. The molecule has 0 N–H and O–H groups in total. The van der Waals surface area contributed by atoms with Gasteiger partial charge in [-0.3, -0.25) is 4.98 Å².